The molecule has 1 aliphatic rings. The molecule has 5 rings (SSSR count). The molecule has 0 saturated heterocycles. The van der Waals surface area contributed by atoms with Crippen molar-refractivity contribution in [3.05, 3.63) is 131 Å². The van der Waals surface area contributed by atoms with Crippen LogP contribution in [0.5, 0.6) is 11.5 Å². The highest BCUT2D eigenvalue weighted by Crippen LogP contribution is 2.35. The number of carbonyl (C=O) groups excluding carboxylic acids is 1. The van der Waals surface area contributed by atoms with E-state index in [0.29, 0.717) is 29.3 Å². The van der Waals surface area contributed by atoms with Crippen molar-refractivity contribution in [2.75, 3.05) is 5.32 Å². The van der Waals surface area contributed by atoms with Gasteiger partial charge in [-0.2, -0.15) is 5.26 Å². The smallest absolute Gasteiger partial charge is 0.411 e. The standard InChI is InChI=1S/C32H25ClN4O4/c33-32(41-30-19-25(20-34)11-16-29(30)39-21-23-7-3-1-4-8-23)35-18-17-28(37-32)26-12-14-27(15-13-26)36-31(38)40-22-24-9-5-2-6-10-24/h1-19,37H,21-22H2,(H,36,38). The monoisotopic (exact) mass is 564 g/mol. The normalized spacial score (nSPS) is 15.6. The number of nitriles is 1. The number of nitrogens with one attached hydrogen (secondary N) is 2. The SMILES string of the molecule is N#Cc1ccc(OCc2ccccc2)c(OC2(Cl)N=CC=C(c3ccc(NC(=O)OCc4ccccc4)cc3)N2)c1. The molecule has 0 bridgehead atoms. The Morgan fingerprint density at radius 1 is 0.902 bits per heavy atom. The Morgan fingerprint density at radius 2 is 1.59 bits per heavy atom. The Morgan fingerprint density at radius 3 is 2.27 bits per heavy atom. The van der Waals surface area contributed by atoms with Crippen LogP contribution in [0.4, 0.5) is 10.5 Å². The van der Waals surface area contributed by atoms with Gasteiger partial charge in [0.15, 0.2) is 11.5 Å². The molecular weight excluding hydrogens is 540 g/mol. The lowest BCUT2D eigenvalue weighted by atomic mass is 10.1. The molecule has 4 aromatic rings. The van der Waals surface area contributed by atoms with Crippen molar-refractivity contribution in [2.45, 2.75) is 18.5 Å². The maximum atomic E-state index is 12.2. The molecule has 8 nitrogen and oxygen atoms in total. The fourth-order valence-electron chi connectivity index (χ4n) is 3.94. The molecule has 1 atom stereocenters. The third kappa shape index (κ3) is 7.44. The lowest BCUT2D eigenvalue weighted by Gasteiger charge is -2.30. The first-order chi connectivity index (χ1) is 20.0. The van der Waals surface area contributed by atoms with Crippen LogP contribution in [0.3, 0.4) is 0 Å². The van der Waals surface area contributed by atoms with Crippen LogP contribution in [0.15, 0.2) is 114 Å². The van der Waals surface area contributed by atoms with Crippen molar-refractivity contribution in [2.24, 2.45) is 4.99 Å². The van der Waals surface area contributed by atoms with Crippen LogP contribution in [0, 0.1) is 11.3 Å². The molecule has 41 heavy (non-hydrogen) atoms. The summed E-state index contributed by atoms with van der Waals surface area (Å²) in [7, 11) is 0. The van der Waals surface area contributed by atoms with Crippen molar-refractivity contribution in [1.29, 1.82) is 5.26 Å². The van der Waals surface area contributed by atoms with Crippen LogP contribution in [-0.2, 0) is 18.0 Å². The van der Waals surface area contributed by atoms with Crippen LogP contribution in [-0.4, -0.2) is 17.6 Å². The number of hydrogen-bond acceptors (Lipinski definition) is 7. The number of anilines is 1. The van der Waals surface area contributed by atoms with Gasteiger partial charge in [-0.3, -0.25) is 5.32 Å². The number of rotatable bonds is 9. The van der Waals surface area contributed by atoms with Gasteiger partial charge >= 0.3 is 11.4 Å². The van der Waals surface area contributed by atoms with E-state index in [1.165, 1.54) is 6.21 Å². The second kappa shape index (κ2) is 12.7. The number of allylic oxidation sites excluding steroid dienone is 1. The molecule has 0 aliphatic carbocycles. The second-order valence-electron chi connectivity index (χ2n) is 8.96. The molecule has 1 aliphatic heterocycles. The second-order valence-corrected chi connectivity index (χ2v) is 9.47. The predicted octanol–water partition coefficient (Wildman–Crippen LogP) is 6.83. The molecule has 1 heterocycles. The Kier molecular flexibility index (Phi) is 8.48. The largest absolute Gasteiger partial charge is 0.485 e. The highest BCUT2D eigenvalue weighted by atomic mass is 35.5. The highest BCUT2D eigenvalue weighted by molar-refractivity contribution is 6.24. The minimum absolute atomic E-state index is 0.176. The van der Waals surface area contributed by atoms with Crippen LogP contribution < -0.4 is 20.1 Å². The fourth-order valence-corrected chi connectivity index (χ4v) is 4.18. The van der Waals surface area contributed by atoms with Gasteiger partial charge < -0.3 is 19.5 Å². The minimum atomic E-state index is -1.69. The lowest BCUT2D eigenvalue weighted by Crippen LogP contribution is -2.44. The Balaban J connectivity index is 1.23. The third-order valence-corrected chi connectivity index (χ3v) is 6.25. The van der Waals surface area contributed by atoms with Gasteiger partial charge in [-0.25, -0.2) is 9.79 Å². The molecule has 0 spiro atoms. The van der Waals surface area contributed by atoms with E-state index < -0.39 is 11.4 Å². The molecule has 0 fully saturated rings. The molecule has 1 unspecified atom stereocenters. The van der Waals surface area contributed by atoms with Crippen molar-refractivity contribution >= 4 is 35.3 Å². The van der Waals surface area contributed by atoms with Crippen LogP contribution in [0.25, 0.3) is 5.70 Å². The molecule has 204 valence electrons. The van der Waals surface area contributed by atoms with E-state index in [-0.39, 0.29) is 12.4 Å². The summed E-state index contributed by atoms with van der Waals surface area (Å²) in [6.45, 7) is 0.482. The van der Waals surface area contributed by atoms with Gasteiger partial charge in [0.05, 0.1) is 11.6 Å². The van der Waals surface area contributed by atoms with E-state index in [1.54, 1.807) is 36.4 Å². The number of hydrogen-bond donors (Lipinski definition) is 2. The summed E-state index contributed by atoms with van der Waals surface area (Å²) < 4.78 is 17.3. The maximum absolute atomic E-state index is 12.2. The molecule has 0 saturated carbocycles. The highest BCUT2D eigenvalue weighted by Gasteiger charge is 2.33. The summed E-state index contributed by atoms with van der Waals surface area (Å²) >= 11 is 6.74. The molecule has 0 radical (unpaired) electrons. The Bertz CT molecular complexity index is 1600. The van der Waals surface area contributed by atoms with Crippen molar-refractivity contribution in [1.82, 2.24) is 5.32 Å². The van der Waals surface area contributed by atoms with Gasteiger partial charge in [0.25, 0.3) is 0 Å². The summed E-state index contributed by atoms with van der Waals surface area (Å²) in [5.74, 6) is 0.671. The molecule has 4 aromatic carbocycles. The number of alkyl halides is 1. The zero-order valence-corrected chi connectivity index (χ0v) is 22.5. The van der Waals surface area contributed by atoms with E-state index in [1.807, 2.05) is 72.8 Å². The van der Waals surface area contributed by atoms with Gasteiger partial charge in [0, 0.05) is 23.7 Å². The van der Waals surface area contributed by atoms with Gasteiger partial charge in [-0.1, -0.05) is 72.8 Å². The molecule has 0 aromatic heterocycles. The van der Waals surface area contributed by atoms with Crippen LogP contribution in [0.1, 0.15) is 22.3 Å². The lowest BCUT2D eigenvalue weighted by molar-refractivity contribution is 0.139. The number of benzene rings is 4. The predicted molar refractivity (Wildman–Crippen MR) is 157 cm³/mol. The first kappa shape index (κ1) is 27.3. The van der Waals surface area contributed by atoms with E-state index in [0.717, 1.165) is 16.7 Å². The van der Waals surface area contributed by atoms with E-state index in [4.69, 9.17) is 25.8 Å². The minimum Gasteiger partial charge on any atom is -0.485 e. The summed E-state index contributed by atoms with van der Waals surface area (Å²) in [6, 6.07) is 33.2. The van der Waals surface area contributed by atoms with E-state index >= 15 is 0 Å². The van der Waals surface area contributed by atoms with Gasteiger partial charge in [0.1, 0.15) is 13.2 Å². The van der Waals surface area contributed by atoms with Gasteiger partial charge in [0.2, 0.25) is 0 Å². The first-order valence-electron chi connectivity index (χ1n) is 12.7. The molecule has 2 N–H and O–H groups in total. The molecule has 9 heteroatoms. The molecular formula is C32H25ClN4O4. The van der Waals surface area contributed by atoms with Crippen LogP contribution >= 0.6 is 11.6 Å². The number of carbonyl (C=O) groups is 1. The van der Waals surface area contributed by atoms with Crippen molar-refractivity contribution in [3.63, 3.8) is 0 Å². The fraction of sp³-hybridized carbons (Fsp3) is 0.0938. The number of nitrogens with zero attached hydrogens (tertiary/aromatic N) is 2. The summed E-state index contributed by atoms with van der Waals surface area (Å²) in [5.41, 5.74) is 4.24. The number of amides is 1. The Hall–Kier alpha value is -5.26. The Labute approximate surface area is 242 Å². The third-order valence-electron chi connectivity index (χ3n) is 5.98. The van der Waals surface area contributed by atoms with E-state index in [2.05, 4.69) is 21.7 Å². The maximum Gasteiger partial charge on any atom is 0.411 e. The average Bonchev–Trinajstić information content (AvgIpc) is 3.00. The van der Waals surface area contributed by atoms with Gasteiger partial charge in [-0.05, 0) is 58.6 Å². The number of aliphatic imine (C=N–C) groups is 1. The number of ether oxygens (including phenoxy) is 3. The van der Waals surface area contributed by atoms with Gasteiger partial charge in [-0.15, -0.1) is 0 Å². The summed E-state index contributed by atoms with van der Waals surface area (Å²) in [4.78, 5) is 16.5. The van der Waals surface area contributed by atoms with Crippen LogP contribution in [0.2, 0.25) is 0 Å². The van der Waals surface area contributed by atoms with Crippen molar-refractivity contribution in [3.8, 4) is 17.6 Å². The summed E-state index contributed by atoms with van der Waals surface area (Å²) in [5, 5.41) is 13.5. The quantitative estimate of drug-likeness (QED) is 0.170. The average molecular weight is 565 g/mol. The molecule has 1 amide bonds. The topological polar surface area (TPSA) is 105 Å². The zero-order chi connectivity index (χ0) is 28.5. The summed E-state index contributed by atoms with van der Waals surface area (Å²) in [6.07, 6.45) is 2.73. The van der Waals surface area contributed by atoms with Crippen molar-refractivity contribution < 1.29 is 19.0 Å². The number of halogens is 1. The van der Waals surface area contributed by atoms with E-state index in [9.17, 15) is 10.1 Å². The zero-order valence-electron chi connectivity index (χ0n) is 21.8. The first-order valence-corrected chi connectivity index (χ1v) is 13.1.